The molecule has 4 aromatic heterocycles. The second-order valence-electron chi connectivity index (χ2n) is 9.05. The van der Waals surface area contributed by atoms with Gasteiger partial charge in [-0.05, 0) is 32.0 Å². The van der Waals surface area contributed by atoms with Gasteiger partial charge in [-0.3, -0.25) is 4.90 Å². The SMILES string of the molecule is Nc1ncc(-c2nc(N3CCOCC3)c3sc(CN4CCC(S(=O)(=O)c5nccs5)CC4)cc3n2)cn1. The van der Waals surface area contributed by atoms with Gasteiger partial charge in [-0.15, -0.1) is 22.7 Å². The first-order valence-electron chi connectivity index (χ1n) is 12.0. The average Bonchev–Trinajstić information content (AvgIpc) is 3.60. The number of nitrogens with two attached hydrogens (primary N) is 1. The molecule has 2 aliphatic rings. The lowest BCUT2D eigenvalue weighted by Gasteiger charge is -2.30. The number of sulfone groups is 1. The van der Waals surface area contributed by atoms with E-state index in [9.17, 15) is 8.42 Å². The zero-order valence-electron chi connectivity index (χ0n) is 20.0. The highest BCUT2D eigenvalue weighted by Gasteiger charge is 2.33. The molecule has 194 valence electrons. The van der Waals surface area contributed by atoms with E-state index in [1.807, 2.05) is 0 Å². The van der Waals surface area contributed by atoms with Crippen LogP contribution < -0.4 is 10.6 Å². The third-order valence-corrected chi connectivity index (χ3v) is 11.2. The molecule has 4 aromatic rings. The number of morpholine rings is 1. The van der Waals surface area contributed by atoms with E-state index in [-0.39, 0.29) is 15.5 Å². The summed E-state index contributed by atoms with van der Waals surface area (Å²) in [6.45, 7) is 5.02. The molecule has 2 saturated heterocycles. The fourth-order valence-electron chi connectivity index (χ4n) is 4.71. The van der Waals surface area contributed by atoms with Gasteiger partial charge in [0.2, 0.25) is 20.1 Å². The number of rotatable bonds is 6. The van der Waals surface area contributed by atoms with Gasteiger partial charge in [0, 0.05) is 48.5 Å². The van der Waals surface area contributed by atoms with Gasteiger partial charge >= 0.3 is 0 Å². The van der Waals surface area contributed by atoms with Crippen LogP contribution >= 0.6 is 22.7 Å². The third-order valence-electron chi connectivity index (χ3n) is 6.65. The van der Waals surface area contributed by atoms with Crippen LogP contribution in [0.2, 0.25) is 0 Å². The summed E-state index contributed by atoms with van der Waals surface area (Å²) in [5.41, 5.74) is 7.26. The van der Waals surface area contributed by atoms with E-state index in [1.165, 1.54) is 16.2 Å². The van der Waals surface area contributed by atoms with Crippen LogP contribution in [0.3, 0.4) is 0 Å². The topological polar surface area (TPSA) is 140 Å². The Bertz CT molecular complexity index is 1480. The quantitative estimate of drug-likeness (QED) is 0.373. The molecule has 14 heteroatoms. The highest BCUT2D eigenvalue weighted by atomic mass is 32.2. The Labute approximate surface area is 222 Å². The summed E-state index contributed by atoms with van der Waals surface area (Å²) in [4.78, 5) is 27.7. The van der Waals surface area contributed by atoms with Crippen LogP contribution in [0.25, 0.3) is 21.6 Å². The number of likely N-dealkylation sites (tertiary alicyclic amines) is 1. The smallest absolute Gasteiger partial charge is 0.219 e. The van der Waals surface area contributed by atoms with Gasteiger partial charge < -0.3 is 15.4 Å². The van der Waals surface area contributed by atoms with Crippen molar-refractivity contribution in [2.24, 2.45) is 0 Å². The summed E-state index contributed by atoms with van der Waals surface area (Å²) in [5, 5.41) is 1.34. The number of hydrogen-bond donors (Lipinski definition) is 1. The van der Waals surface area contributed by atoms with E-state index in [4.69, 9.17) is 20.4 Å². The fraction of sp³-hybridized carbons (Fsp3) is 0.435. The first-order valence-corrected chi connectivity index (χ1v) is 15.3. The first-order chi connectivity index (χ1) is 18.0. The summed E-state index contributed by atoms with van der Waals surface area (Å²) < 4.78 is 32.6. The zero-order valence-corrected chi connectivity index (χ0v) is 22.4. The van der Waals surface area contributed by atoms with Gasteiger partial charge in [-0.1, -0.05) is 0 Å². The molecule has 0 unspecified atom stereocenters. The molecule has 0 radical (unpaired) electrons. The monoisotopic (exact) mass is 558 g/mol. The van der Waals surface area contributed by atoms with Gasteiger partial charge in [0.25, 0.3) is 0 Å². The van der Waals surface area contributed by atoms with Crippen molar-refractivity contribution in [1.82, 2.24) is 29.8 Å². The Morgan fingerprint density at radius 1 is 1.05 bits per heavy atom. The van der Waals surface area contributed by atoms with Gasteiger partial charge in [0.1, 0.15) is 0 Å². The molecule has 2 fully saturated rings. The van der Waals surface area contributed by atoms with E-state index in [1.54, 1.807) is 35.3 Å². The van der Waals surface area contributed by atoms with Crippen molar-refractivity contribution >= 4 is 54.5 Å². The largest absolute Gasteiger partial charge is 0.378 e. The number of ether oxygens (including phenoxy) is 1. The summed E-state index contributed by atoms with van der Waals surface area (Å²) in [5.74, 6) is 1.66. The highest BCUT2D eigenvalue weighted by molar-refractivity contribution is 7.93. The maximum atomic E-state index is 12.9. The van der Waals surface area contributed by atoms with Crippen LogP contribution in [0, 0.1) is 0 Å². The minimum Gasteiger partial charge on any atom is -0.378 e. The second kappa shape index (κ2) is 10.2. The van der Waals surface area contributed by atoms with Crippen LogP contribution in [-0.4, -0.2) is 82.9 Å². The lowest BCUT2D eigenvalue weighted by atomic mass is 10.1. The average molecular weight is 559 g/mol. The Morgan fingerprint density at radius 3 is 2.51 bits per heavy atom. The van der Waals surface area contributed by atoms with Gasteiger partial charge in [-0.2, -0.15) is 0 Å². The summed E-state index contributed by atoms with van der Waals surface area (Å²) in [7, 11) is -3.36. The number of piperidine rings is 1. The molecule has 0 aromatic carbocycles. The normalized spacial score (nSPS) is 18.0. The van der Waals surface area contributed by atoms with Crippen molar-refractivity contribution in [3.8, 4) is 11.4 Å². The maximum Gasteiger partial charge on any atom is 0.219 e. The first kappa shape index (κ1) is 24.6. The van der Waals surface area contributed by atoms with Crippen LogP contribution in [0.15, 0.2) is 34.4 Å². The number of nitrogen functional groups attached to an aromatic ring is 1. The van der Waals surface area contributed by atoms with Crippen molar-refractivity contribution in [3.05, 3.63) is 34.9 Å². The molecule has 2 aliphatic heterocycles. The number of thiazole rings is 1. The molecule has 0 spiro atoms. The molecule has 0 atom stereocenters. The molecule has 6 rings (SSSR count). The molecular weight excluding hydrogens is 533 g/mol. The molecule has 0 aliphatic carbocycles. The standard InChI is InChI=1S/C23H26N8O3S3/c24-22-26-12-15(13-27-22)20-28-18-11-16(36-19(18)21(29-20)31-6-8-34-9-7-31)14-30-4-1-17(2-5-30)37(32,33)23-25-3-10-35-23/h3,10-13,17H,1-2,4-9,14H2,(H2,24,26,27). The second-order valence-corrected chi connectivity index (χ2v) is 13.5. The number of fused-ring (bicyclic) bond motifs is 1. The predicted molar refractivity (Wildman–Crippen MR) is 143 cm³/mol. The molecule has 0 amide bonds. The molecule has 0 bridgehead atoms. The van der Waals surface area contributed by atoms with E-state index < -0.39 is 9.84 Å². The molecule has 11 nitrogen and oxygen atoms in total. The number of aromatic nitrogens is 5. The Balaban J connectivity index is 1.24. The van der Waals surface area contributed by atoms with Crippen molar-refractivity contribution in [2.45, 2.75) is 29.0 Å². The Hall–Kier alpha value is -2.78. The van der Waals surface area contributed by atoms with Crippen LogP contribution in [0.4, 0.5) is 11.8 Å². The molecule has 37 heavy (non-hydrogen) atoms. The van der Waals surface area contributed by atoms with Crippen LogP contribution in [0.5, 0.6) is 0 Å². The van der Waals surface area contributed by atoms with E-state index in [0.717, 1.165) is 48.8 Å². The predicted octanol–water partition coefficient (Wildman–Crippen LogP) is 2.46. The summed E-state index contributed by atoms with van der Waals surface area (Å²) >= 11 is 2.89. The van der Waals surface area contributed by atoms with Crippen LogP contribution in [-0.2, 0) is 21.1 Å². The lowest BCUT2D eigenvalue weighted by molar-refractivity contribution is 0.122. The third kappa shape index (κ3) is 5.03. The minimum atomic E-state index is -3.36. The number of nitrogens with zero attached hydrogens (tertiary/aromatic N) is 7. The zero-order chi connectivity index (χ0) is 25.4. The minimum absolute atomic E-state index is 0.208. The fourth-order valence-corrected chi connectivity index (χ4v) is 8.66. The maximum absolute atomic E-state index is 12.9. The van der Waals surface area contributed by atoms with Crippen molar-refractivity contribution in [2.75, 3.05) is 50.0 Å². The van der Waals surface area contributed by atoms with E-state index in [0.29, 0.717) is 37.4 Å². The van der Waals surface area contributed by atoms with E-state index in [2.05, 4.69) is 30.8 Å². The Morgan fingerprint density at radius 2 is 1.81 bits per heavy atom. The summed E-state index contributed by atoms with van der Waals surface area (Å²) in [6.07, 6.45) is 6.04. The van der Waals surface area contributed by atoms with Gasteiger partial charge in [0.15, 0.2) is 11.6 Å². The number of hydrogen-bond acceptors (Lipinski definition) is 13. The number of anilines is 2. The van der Waals surface area contributed by atoms with Crippen LogP contribution in [0.1, 0.15) is 17.7 Å². The van der Waals surface area contributed by atoms with Gasteiger partial charge in [-0.25, -0.2) is 33.3 Å². The van der Waals surface area contributed by atoms with Crippen molar-refractivity contribution < 1.29 is 13.2 Å². The van der Waals surface area contributed by atoms with Crippen molar-refractivity contribution in [1.29, 1.82) is 0 Å². The van der Waals surface area contributed by atoms with E-state index >= 15 is 0 Å². The summed E-state index contributed by atoms with van der Waals surface area (Å²) in [6, 6.07) is 2.12. The highest BCUT2D eigenvalue weighted by Crippen LogP contribution is 2.35. The van der Waals surface area contributed by atoms with Crippen molar-refractivity contribution in [3.63, 3.8) is 0 Å². The number of thiophene rings is 1. The lowest BCUT2D eigenvalue weighted by Crippen LogP contribution is -2.38. The molecule has 6 heterocycles. The Kier molecular flexibility index (Phi) is 6.75. The van der Waals surface area contributed by atoms with Gasteiger partial charge in [0.05, 0.1) is 34.2 Å². The molecule has 0 saturated carbocycles. The molecule has 2 N–H and O–H groups in total. The molecular formula is C23H26N8O3S3.